The Morgan fingerprint density at radius 1 is 0.963 bits per heavy atom. The number of hydrogen-bond acceptors (Lipinski definition) is 3. The summed E-state index contributed by atoms with van der Waals surface area (Å²) in [6.45, 7) is 6.73. The molecule has 142 valence electrons. The third kappa shape index (κ3) is 4.01. The lowest BCUT2D eigenvalue weighted by Gasteiger charge is -2.25. The fraction of sp³-hybridized carbons (Fsp3) is 0.435. The van der Waals surface area contributed by atoms with Crippen molar-refractivity contribution in [3.05, 3.63) is 54.1 Å². The van der Waals surface area contributed by atoms with E-state index in [1.54, 1.807) is 0 Å². The van der Waals surface area contributed by atoms with Crippen LogP contribution in [-0.2, 0) is 0 Å². The molecule has 1 atom stereocenters. The number of fused-ring (bicyclic) bond motifs is 1. The van der Waals surface area contributed by atoms with Crippen molar-refractivity contribution in [1.82, 2.24) is 9.80 Å². The van der Waals surface area contributed by atoms with Crippen LogP contribution >= 0.6 is 0 Å². The van der Waals surface area contributed by atoms with E-state index in [-0.39, 0.29) is 5.91 Å². The number of amides is 1. The Bertz CT molecular complexity index is 770. The van der Waals surface area contributed by atoms with Crippen molar-refractivity contribution in [3.8, 4) is 16.9 Å². The Morgan fingerprint density at radius 3 is 2.33 bits per heavy atom. The first-order valence-corrected chi connectivity index (χ1v) is 10.1. The molecule has 0 unspecified atom stereocenters. The highest BCUT2D eigenvalue weighted by molar-refractivity contribution is 5.94. The Kier molecular flexibility index (Phi) is 5.44. The standard InChI is InChI=1S/C23H28N2O2/c1-2-27-22-12-10-19(11-13-22)18-6-8-20(9-7-18)23(26)25-16-4-15-24-14-3-5-21(24)17-25/h6-13,21H,2-5,14-17H2,1H3/t21-/m0/s1. The van der Waals surface area contributed by atoms with Gasteiger partial charge in [-0.15, -0.1) is 0 Å². The molecule has 2 aliphatic rings. The summed E-state index contributed by atoms with van der Waals surface area (Å²) in [7, 11) is 0. The Labute approximate surface area is 161 Å². The summed E-state index contributed by atoms with van der Waals surface area (Å²) in [5.74, 6) is 1.05. The Balaban J connectivity index is 1.45. The second-order valence-corrected chi connectivity index (χ2v) is 7.47. The summed E-state index contributed by atoms with van der Waals surface area (Å²) in [6, 6.07) is 16.7. The summed E-state index contributed by atoms with van der Waals surface area (Å²) < 4.78 is 5.50. The van der Waals surface area contributed by atoms with Gasteiger partial charge < -0.3 is 9.64 Å². The predicted octanol–water partition coefficient (Wildman–Crippen LogP) is 4.06. The maximum atomic E-state index is 13.0. The van der Waals surface area contributed by atoms with E-state index in [0.29, 0.717) is 12.6 Å². The summed E-state index contributed by atoms with van der Waals surface area (Å²) >= 11 is 0. The number of carbonyl (C=O) groups excluding carboxylic acids is 1. The van der Waals surface area contributed by atoms with E-state index in [9.17, 15) is 4.79 Å². The van der Waals surface area contributed by atoms with Crippen molar-refractivity contribution in [2.45, 2.75) is 32.2 Å². The van der Waals surface area contributed by atoms with Crippen LogP contribution in [0.2, 0.25) is 0 Å². The van der Waals surface area contributed by atoms with Gasteiger partial charge in [0.1, 0.15) is 5.75 Å². The van der Waals surface area contributed by atoms with Crippen LogP contribution < -0.4 is 4.74 Å². The number of benzene rings is 2. The maximum Gasteiger partial charge on any atom is 0.253 e. The molecule has 2 heterocycles. The minimum atomic E-state index is 0.169. The van der Waals surface area contributed by atoms with Crippen LogP contribution in [0.3, 0.4) is 0 Å². The van der Waals surface area contributed by atoms with E-state index in [1.807, 2.05) is 43.3 Å². The van der Waals surface area contributed by atoms with Crippen LogP contribution in [0.15, 0.2) is 48.5 Å². The zero-order valence-electron chi connectivity index (χ0n) is 16.1. The molecule has 27 heavy (non-hydrogen) atoms. The molecule has 4 rings (SSSR count). The molecule has 0 aliphatic carbocycles. The molecule has 2 aromatic carbocycles. The predicted molar refractivity (Wildman–Crippen MR) is 108 cm³/mol. The van der Waals surface area contributed by atoms with Gasteiger partial charge in [-0.2, -0.15) is 0 Å². The number of ether oxygens (including phenoxy) is 1. The minimum absolute atomic E-state index is 0.169. The van der Waals surface area contributed by atoms with Crippen LogP contribution in [0.4, 0.5) is 0 Å². The smallest absolute Gasteiger partial charge is 0.253 e. The van der Waals surface area contributed by atoms with Crippen molar-refractivity contribution in [2.24, 2.45) is 0 Å². The third-order valence-corrected chi connectivity index (χ3v) is 5.72. The molecule has 2 fully saturated rings. The van der Waals surface area contributed by atoms with Gasteiger partial charge in [-0.1, -0.05) is 24.3 Å². The first-order valence-electron chi connectivity index (χ1n) is 10.1. The van der Waals surface area contributed by atoms with Crippen molar-refractivity contribution < 1.29 is 9.53 Å². The van der Waals surface area contributed by atoms with Crippen molar-refractivity contribution in [1.29, 1.82) is 0 Å². The summed E-state index contributed by atoms with van der Waals surface area (Å²) in [6.07, 6.45) is 3.57. The normalized spacial score (nSPS) is 20.2. The maximum absolute atomic E-state index is 13.0. The average molecular weight is 364 g/mol. The van der Waals surface area contributed by atoms with E-state index in [4.69, 9.17) is 4.74 Å². The highest BCUT2D eigenvalue weighted by Gasteiger charge is 2.30. The molecule has 0 N–H and O–H groups in total. The molecule has 0 spiro atoms. The zero-order valence-corrected chi connectivity index (χ0v) is 16.1. The number of hydrogen-bond donors (Lipinski definition) is 0. The lowest BCUT2D eigenvalue weighted by Crippen LogP contribution is -2.39. The van der Waals surface area contributed by atoms with Crippen LogP contribution in [-0.4, -0.2) is 54.5 Å². The largest absolute Gasteiger partial charge is 0.494 e. The lowest BCUT2D eigenvalue weighted by molar-refractivity contribution is 0.0743. The molecule has 2 aliphatic heterocycles. The molecule has 0 radical (unpaired) electrons. The monoisotopic (exact) mass is 364 g/mol. The quantitative estimate of drug-likeness (QED) is 0.820. The zero-order chi connectivity index (χ0) is 18.6. The molecule has 1 amide bonds. The topological polar surface area (TPSA) is 32.8 Å². The Hall–Kier alpha value is -2.33. The van der Waals surface area contributed by atoms with Gasteiger partial charge in [-0.25, -0.2) is 0 Å². The van der Waals surface area contributed by atoms with E-state index in [1.165, 1.54) is 19.4 Å². The summed E-state index contributed by atoms with van der Waals surface area (Å²) in [5.41, 5.74) is 3.04. The van der Waals surface area contributed by atoms with Gasteiger partial charge >= 0.3 is 0 Å². The van der Waals surface area contributed by atoms with E-state index in [2.05, 4.69) is 21.9 Å². The van der Waals surface area contributed by atoms with Gasteiger partial charge in [-0.05, 0) is 68.1 Å². The van der Waals surface area contributed by atoms with Crippen LogP contribution in [0.1, 0.15) is 36.5 Å². The molecule has 0 bridgehead atoms. The summed E-state index contributed by atoms with van der Waals surface area (Å²) in [5, 5.41) is 0. The van der Waals surface area contributed by atoms with Crippen LogP contribution in [0, 0.1) is 0 Å². The van der Waals surface area contributed by atoms with E-state index < -0.39 is 0 Å². The molecular formula is C23H28N2O2. The molecule has 0 saturated carbocycles. The molecule has 0 aromatic heterocycles. The van der Waals surface area contributed by atoms with Gasteiger partial charge in [0.05, 0.1) is 6.61 Å². The lowest BCUT2D eigenvalue weighted by atomic mass is 10.0. The second-order valence-electron chi connectivity index (χ2n) is 7.47. The number of nitrogens with zero attached hydrogens (tertiary/aromatic N) is 2. The summed E-state index contributed by atoms with van der Waals surface area (Å²) in [4.78, 5) is 17.6. The van der Waals surface area contributed by atoms with Gasteiger partial charge in [-0.3, -0.25) is 9.69 Å². The minimum Gasteiger partial charge on any atom is -0.494 e. The Morgan fingerprint density at radius 2 is 1.63 bits per heavy atom. The number of carbonyl (C=O) groups is 1. The van der Waals surface area contributed by atoms with Gasteiger partial charge in [0.25, 0.3) is 5.91 Å². The van der Waals surface area contributed by atoms with Gasteiger partial charge in [0, 0.05) is 31.2 Å². The van der Waals surface area contributed by atoms with E-state index in [0.717, 1.165) is 48.5 Å². The second kappa shape index (κ2) is 8.13. The van der Waals surface area contributed by atoms with Gasteiger partial charge in [0.2, 0.25) is 0 Å². The van der Waals surface area contributed by atoms with Gasteiger partial charge in [0.15, 0.2) is 0 Å². The molecule has 2 aromatic rings. The van der Waals surface area contributed by atoms with E-state index >= 15 is 0 Å². The molecular weight excluding hydrogens is 336 g/mol. The highest BCUT2D eigenvalue weighted by Crippen LogP contribution is 2.25. The fourth-order valence-electron chi connectivity index (χ4n) is 4.29. The number of rotatable bonds is 4. The fourth-order valence-corrected chi connectivity index (χ4v) is 4.29. The first kappa shape index (κ1) is 18.1. The average Bonchev–Trinajstić information content (AvgIpc) is 3.05. The third-order valence-electron chi connectivity index (χ3n) is 5.72. The van der Waals surface area contributed by atoms with Crippen LogP contribution in [0.5, 0.6) is 5.75 Å². The highest BCUT2D eigenvalue weighted by atomic mass is 16.5. The van der Waals surface area contributed by atoms with Crippen LogP contribution in [0.25, 0.3) is 11.1 Å². The SMILES string of the molecule is CCOc1ccc(-c2ccc(C(=O)N3CCCN4CCC[C@H]4C3)cc2)cc1. The molecule has 4 nitrogen and oxygen atoms in total. The molecule has 4 heteroatoms. The molecule has 2 saturated heterocycles. The van der Waals surface area contributed by atoms with Crippen molar-refractivity contribution in [2.75, 3.05) is 32.8 Å². The first-order chi connectivity index (χ1) is 13.2. The van der Waals surface area contributed by atoms with Crippen molar-refractivity contribution >= 4 is 5.91 Å². The van der Waals surface area contributed by atoms with Crippen molar-refractivity contribution in [3.63, 3.8) is 0 Å².